The van der Waals surface area contributed by atoms with E-state index in [4.69, 9.17) is 0 Å². The molecule has 1 nitrogen and oxygen atoms in total. The van der Waals surface area contributed by atoms with Gasteiger partial charge < -0.3 is 0 Å². The highest BCUT2D eigenvalue weighted by atomic mass is 15.3. The summed E-state index contributed by atoms with van der Waals surface area (Å²) >= 11 is 0. The molecule has 3 aliphatic rings. The average molecular weight is 183 g/mol. The Morgan fingerprint density at radius 2 is 1.50 bits per heavy atom. The predicted molar refractivity (Wildman–Crippen MR) is 55.9 cm³/mol. The van der Waals surface area contributed by atoms with Crippen LogP contribution in [-0.2, 0) is 0 Å². The average Bonchev–Trinajstić information content (AvgIpc) is 2.93. The molecule has 2 aliphatic heterocycles. The van der Waals surface area contributed by atoms with Gasteiger partial charge in [0.2, 0.25) is 0 Å². The molecular weight excluding hydrogens is 170 g/mol. The van der Waals surface area contributed by atoms with Crippen LogP contribution >= 0.6 is 0 Å². The Labute approximate surface area is 84.0 Å². The van der Waals surface area contributed by atoms with Gasteiger partial charge in [-0.1, -0.05) is 36.4 Å². The van der Waals surface area contributed by atoms with Gasteiger partial charge in [0.25, 0.3) is 0 Å². The van der Waals surface area contributed by atoms with Crippen LogP contribution in [0.2, 0.25) is 0 Å². The number of hydrogen-bond donors (Lipinski definition) is 0. The van der Waals surface area contributed by atoms with E-state index < -0.39 is 0 Å². The fraction of sp³-hybridized carbons (Fsp3) is 0.385. The van der Waals surface area contributed by atoms with E-state index in [1.54, 1.807) is 11.1 Å². The maximum Gasteiger partial charge on any atom is 0.0547 e. The molecule has 1 saturated carbocycles. The van der Waals surface area contributed by atoms with E-state index in [-0.39, 0.29) is 0 Å². The highest BCUT2D eigenvalue weighted by Crippen LogP contribution is 2.53. The molecule has 1 aromatic rings. The second-order valence-electron chi connectivity index (χ2n) is 4.58. The third-order valence-corrected chi connectivity index (χ3v) is 3.72. The Morgan fingerprint density at radius 1 is 0.929 bits per heavy atom. The lowest BCUT2D eigenvalue weighted by Gasteiger charge is -2.21. The molecule has 2 heterocycles. The largest absolute Gasteiger partial charge is 0.279 e. The summed E-state index contributed by atoms with van der Waals surface area (Å²) in [6.07, 6.45) is 7.57. The van der Waals surface area contributed by atoms with Gasteiger partial charge >= 0.3 is 0 Å². The molecule has 2 bridgehead atoms. The second-order valence-corrected chi connectivity index (χ2v) is 4.58. The van der Waals surface area contributed by atoms with Crippen molar-refractivity contribution in [1.29, 1.82) is 0 Å². The van der Waals surface area contributed by atoms with Crippen LogP contribution in [0.4, 0.5) is 0 Å². The predicted octanol–water partition coefficient (Wildman–Crippen LogP) is 2.82. The van der Waals surface area contributed by atoms with Gasteiger partial charge in [-0.2, -0.15) is 0 Å². The van der Waals surface area contributed by atoms with E-state index in [2.05, 4.69) is 41.3 Å². The molecule has 14 heavy (non-hydrogen) atoms. The lowest BCUT2D eigenvalue weighted by molar-refractivity contribution is 0.228. The van der Waals surface area contributed by atoms with Gasteiger partial charge in [0.05, 0.1) is 12.1 Å². The van der Waals surface area contributed by atoms with Gasteiger partial charge in [0.15, 0.2) is 0 Å². The first kappa shape index (κ1) is 7.24. The maximum absolute atomic E-state index is 2.69. The minimum absolute atomic E-state index is 0.601. The third kappa shape index (κ3) is 0.747. The zero-order chi connectivity index (χ0) is 9.12. The quantitative estimate of drug-likeness (QED) is 0.605. The van der Waals surface area contributed by atoms with Gasteiger partial charge in [-0.25, -0.2) is 0 Å². The molecule has 70 valence electrons. The smallest absolute Gasteiger partial charge is 0.0547 e. The highest BCUT2D eigenvalue weighted by molar-refractivity contribution is 5.46. The van der Waals surface area contributed by atoms with Crippen molar-refractivity contribution in [3.8, 4) is 0 Å². The van der Waals surface area contributed by atoms with Crippen LogP contribution in [0.15, 0.2) is 36.4 Å². The molecule has 0 spiro atoms. The van der Waals surface area contributed by atoms with Crippen molar-refractivity contribution in [3.63, 3.8) is 0 Å². The lowest BCUT2D eigenvalue weighted by Crippen LogP contribution is -2.22. The zero-order valence-electron chi connectivity index (χ0n) is 8.06. The highest BCUT2D eigenvalue weighted by Gasteiger charge is 2.46. The van der Waals surface area contributed by atoms with Crippen LogP contribution in [0.25, 0.3) is 0 Å². The number of fused-ring (bicyclic) bond motifs is 5. The molecule has 0 saturated heterocycles. The number of rotatable bonds is 1. The summed E-state index contributed by atoms with van der Waals surface area (Å²) < 4.78 is 0. The number of nitrogens with zero attached hydrogens (tertiary/aromatic N) is 1. The van der Waals surface area contributed by atoms with Gasteiger partial charge in [0.1, 0.15) is 0 Å². The first-order chi connectivity index (χ1) is 6.95. The van der Waals surface area contributed by atoms with Crippen molar-refractivity contribution < 1.29 is 0 Å². The molecule has 0 radical (unpaired) electrons. The molecule has 0 N–H and O–H groups in total. The Morgan fingerprint density at radius 3 is 2.00 bits per heavy atom. The van der Waals surface area contributed by atoms with Crippen molar-refractivity contribution in [3.05, 3.63) is 47.5 Å². The number of benzene rings is 1. The van der Waals surface area contributed by atoms with Crippen molar-refractivity contribution in [2.45, 2.75) is 31.0 Å². The summed E-state index contributed by atoms with van der Waals surface area (Å²) in [5, 5.41) is 0. The maximum atomic E-state index is 2.69. The molecule has 2 unspecified atom stereocenters. The Kier molecular flexibility index (Phi) is 1.18. The molecular formula is C13H13N. The van der Waals surface area contributed by atoms with Gasteiger partial charge in [-0.05, 0) is 24.0 Å². The summed E-state index contributed by atoms with van der Waals surface area (Å²) in [5.41, 5.74) is 3.10. The SMILES string of the molecule is C1=CC2c3ccccc3C1N2C1CC1. The van der Waals surface area contributed by atoms with E-state index in [1.165, 1.54) is 12.8 Å². The first-order valence-corrected chi connectivity index (χ1v) is 5.50. The summed E-state index contributed by atoms with van der Waals surface area (Å²) in [7, 11) is 0. The van der Waals surface area contributed by atoms with Crippen LogP contribution in [0.1, 0.15) is 36.1 Å². The monoisotopic (exact) mass is 183 g/mol. The molecule has 4 rings (SSSR count). The number of hydrogen-bond acceptors (Lipinski definition) is 1. The van der Waals surface area contributed by atoms with Crippen molar-refractivity contribution in [1.82, 2.24) is 4.90 Å². The topological polar surface area (TPSA) is 3.24 Å². The lowest BCUT2D eigenvalue weighted by atomic mass is 9.97. The zero-order valence-corrected chi connectivity index (χ0v) is 8.06. The van der Waals surface area contributed by atoms with Crippen molar-refractivity contribution in [2.75, 3.05) is 0 Å². The van der Waals surface area contributed by atoms with Crippen LogP contribution in [0.5, 0.6) is 0 Å². The molecule has 1 heteroatoms. The van der Waals surface area contributed by atoms with Crippen LogP contribution in [-0.4, -0.2) is 10.9 Å². The summed E-state index contributed by atoms with van der Waals surface area (Å²) in [6, 6.07) is 11.0. The van der Waals surface area contributed by atoms with Gasteiger partial charge in [0, 0.05) is 6.04 Å². The van der Waals surface area contributed by atoms with Gasteiger partial charge in [-0.3, -0.25) is 4.90 Å². The van der Waals surface area contributed by atoms with E-state index in [9.17, 15) is 0 Å². The Hall–Kier alpha value is -1.08. The van der Waals surface area contributed by atoms with E-state index in [0.717, 1.165) is 6.04 Å². The fourth-order valence-corrected chi connectivity index (χ4v) is 2.99. The minimum atomic E-state index is 0.601. The third-order valence-electron chi connectivity index (χ3n) is 3.72. The summed E-state index contributed by atoms with van der Waals surface area (Å²) in [5.74, 6) is 0. The van der Waals surface area contributed by atoms with E-state index in [1.807, 2.05) is 0 Å². The first-order valence-electron chi connectivity index (χ1n) is 5.50. The van der Waals surface area contributed by atoms with Crippen LogP contribution < -0.4 is 0 Å². The summed E-state index contributed by atoms with van der Waals surface area (Å²) in [4.78, 5) is 2.69. The fourth-order valence-electron chi connectivity index (χ4n) is 2.99. The van der Waals surface area contributed by atoms with E-state index in [0.29, 0.717) is 12.1 Å². The van der Waals surface area contributed by atoms with Crippen molar-refractivity contribution in [2.24, 2.45) is 0 Å². The minimum Gasteiger partial charge on any atom is -0.279 e. The van der Waals surface area contributed by atoms with Gasteiger partial charge in [-0.15, -0.1) is 0 Å². The standard InChI is InChI=1S/C13H13N/c1-2-4-11-10(3-1)12-7-8-13(11)14(12)9-5-6-9/h1-4,7-9,12-13H,5-6H2. The molecule has 1 aromatic carbocycles. The molecule has 2 atom stereocenters. The van der Waals surface area contributed by atoms with Crippen LogP contribution in [0, 0.1) is 0 Å². The summed E-state index contributed by atoms with van der Waals surface area (Å²) in [6.45, 7) is 0. The van der Waals surface area contributed by atoms with E-state index >= 15 is 0 Å². The molecule has 1 aliphatic carbocycles. The molecule has 0 amide bonds. The second kappa shape index (κ2) is 2.29. The Bertz CT molecular complexity index is 384. The molecule has 1 fully saturated rings. The Balaban J connectivity index is 1.87. The van der Waals surface area contributed by atoms with Crippen LogP contribution in [0.3, 0.4) is 0 Å². The molecule has 0 aromatic heterocycles. The van der Waals surface area contributed by atoms with Crippen molar-refractivity contribution >= 4 is 0 Å². The normalized spacial score (nSPS) is 33.7.